The molecule has 2 atom stereocenters. The van der Waals surface area contributed by atoms with Gasteiger partial charge in [-0.05, 0) is 40.0 Å². The Morgan fingerprint density at radius 1 is 0.562 bits per heavy atom. The average molecular weight is 204 g/mol. The Hall–Kier alpha value is -1.56. The van der Waals surface area contributed by atoms with Crippen molar-refractivity contribution in [3.63, 3.8) is 0 Å². The second-order valence-corrected chi connectivity index (χ2v) is 5.36. The zero-order chi connectivity index (χ0) is 10.3. The molecule has 3 aliphatic rings. The van der Waals surface area contributed by atoms with Crippen molar-refractivity contribution in [2.75, 3.05) is 0 Å². The van der Waals surface area contributed by atoms with Crippen LogP contribution in [0, 0.1) is 5.92 Å². The van der Waals surface area contributed by atoms with E-state index in [0.29, 0.717) is 0 Å². The first kappa shape index (κ1) is 7.67. The standard InChI is InChI=1S/C16H12/c1-3-7-11-9(5-1)13-10-6-2-4-8-12(10)15-14(11)16(13)15/h1-8,13-16H. The third-order valence-corrected chi connectivity index (χ3v) is 4.84. The van der Waals surface area contributed by atoms with Crippen LogP contribution < -0.4 is 0 Å². The summed E-state index contributed by atoms with van der Waals surface area (Å²) in [6.45, 7) is 0. The second-order valence-electron chi connectivity index (χ2n) is 5.36. The molecule has 0 aromatic heterocycles. The fourth-order valence-corrected chi connectivity index (χ4v) is 4.33. The topological polar surface area (TPSA) is 0 Å². The first-order valence-corrected chi connectivity index (χ1v) is 6.14. The van der Waals surface area contributed by atoms with Crippen LogP contribution in [0.2, 0.25) is 0 Å². The van der Waals surface area contributed by atoms with Gasteiger partial charge in [0.05, 0.1) is 0 Å². The van der Waals surface area contributed by atoms with Gasteiger partial charge in [0.15, 0.2) is 0 Å². The Balaban J connectivity index is 1.85. The van der Waals surface area contributed by atoms with Crippen LogP contribution in [0.25, 0.3) is 0 Å². The summed E-state index contributed by atoms with van der Waals surface area (Å²) in [7, 11) is 0. The van der Waals surface area contributed by atoms with Crippen LogP contribution >= 0.6 is 0 Å². The quantitative estimate of drug-likeness (QED) is 0.614. The van der Waals surface area contributed by atoms with Gasteiger partial charge in [-0.25, -0.2) is 0 Å². The summed E-state index contributed by atoms with van der Waals surface area (Å²) in [6.07, 6.45) is 0. The van der Waals surface area contributed by atoms with Gasteiger partial charge in [0.25, 0.3) is 0 Å². The Morgan fingerprint density at radius 3 is 1.50 bits per heavy atom. The molecule has 0 heteroatoms. The van der Waals surface area contributed by atoms with Crippen molar-refractivity contribution in [1.29, 1.82) is 0 Å². The number of hydrogen-bond acceptors (Lipinski definition) is 0. The van der Waals surface area contributed by atoms with Gasteiger partial charge < -0.3 is 0 Å². The molecule has 0 N–H and O–H groups in total. The van der Waals surface area contributed by atoms with Gasteiger partial charge in [-0.1, -0.05) is 48.5 Å². The van der Waals surface area contributed by atoms with Crippen LogP contribution in [0.3, 0.4) is 0 Å². The lowest BCUT2D eigenvalue weighted by atomic mass is 9.93. The largest absolute Gasteiger partial charge is 0.0620 e. The molecule has 1 saturated carbocycles. The van der Waals surface area contributed by atoms with E-state index in [2.05, 4.69) is 48.5 Å². The normalized spacial score (nSPS) is 35.5. The average Bonchev–Trinajstić information content (AvgIpc) is 2.88. The molecular formula is C16H12. The summed E-state index contributed by atoms with van der Waals surface area (Å²) in [5, 5.41) is 0. The van der Waals surface area contributed by atoms with Crippen molar-refractivity contribution in [2.24, 2.45) is 5.92 Å². The van der Waals surface area contributed by atoms with Crippen LogP contribution in [0.15, 0.2) is 48.5 Å². The van der Waals surface area contributed by atoms with Gasteiger partial charge in [-0.2, -0.15) is 0 Å². The SMILES string of the molecule is c1ccc2c(c1)C1c3ccccc3C3C2C13. The Labute approximate surface area is 94.9 Å². The highest BCUT2D eigenvalue weighted by atomic mass is 14.7. The van der Waals surface area contributed by atoms with Gasteiger partial charge in [0.2, 0.25) is 0 Å². The molecule has 2 unspecified atom stereocenters. The fraction of sp³-hybridized carbons (Fsp3) is 0.250. The first-order chi connectivity index (χ1) is 7.97. The van der Waals surface area contributed by atoms with E-state index < -0.39 is 0 Å². The highest BCUT2D eigenvalue weighted by Gasteiger charge is 2.66. The van der Waals surface area contributed by atoms with E-state index in [9.17, 15) is 0 Å². The van der Waals surface area contributed by atoms with Crippen molar-refractivity contribution < 1.29 is 0 Å². The number of hydrogen-bond donors (Lipinski definition) is 0. The molecular weight excluding hydrogens is 192 g/mol. The Bertz CT molecular complexity index is 557. The molecule has 0 spiro atoms. The van der Waals surface area contributed by atoms with Gasteiger partial charge in [-0.3, -0.25) is 0 Å². The van der Waals surface area contributed by atoms with Crippen molar-refractivity contribution in [3.05, 3.63) is 70.8 Å². The molecule has 2 aromatic rings. The molecule has 0 radical (unpaired) electrons. The highest BCUT2D eigenvalue weighted by Crippen LogP contribution is 2.77. The molecule has 5 rings (SSSR count). The van der Waals surface area contributed by atoms with Crippen LogP contribution in [0.4, 0.5) is 0 Å². The third-order valence-electron chi connectivity index (χ3n) is 4.84. The number of fused-ring (bicyclic) bond motifs is 7. The summed E-state index contributed by atoms with van der Waals surface area (Å²) in [6, 6.07) is 18.2. The summed E-state index contributed by atoms with van der Waals surface area (Å²) in [4.78, 5) is 0. The predicted molar refractivity (Wildman–Crippen MR) is 63.7 cm³/mol. The van der Waals surface area contributed by atoms with E-state index in [1.54, 1.807) is 22.3 Å². The summed E-state index contributed by atoms with van der Waals surface area (Å²) >= 11 is 0. The minimum Gasteiger partial charge on any atom is -0.0620 e. The maximum atomic E-state index is 2.35. The molecule has 2 aromatic carbocycles. The third kappa shape index (κ3) is 0.640. The van der Waals surface area contributed by atoms with Crippen molar-refractivity contribution in [1.82, 2.24) is 0 Å². The summed E-state index contributed by atoms with van der Waals surface area (Å²) in [5.74, 6) is 3.35. The number of benzene rings is 2. The van der Waals surface area contributed by atoms with Crippen LogP contribution in [0.5, 0.6) is 0 Å². The van der Waals surface area contributed by atoms with Crippen LogP contribution in [0.1, 0.15) is 40.0 Å². The molecule has 0 nitrogen and oxygen atoms in total. The van der Waals surface area contributed by atoms with E-state index in [1.807, 2.05) is 0 Å². The van der Waals surface area contributed by atoms with Gasteiger partial charge in [-0.15, -0.1) is 0 Å². The van der Waals surface area contributed by atoms with Crippen LogP contribution in [-0.2, 0) is 0 Å². The lowest BCUT2D eigenvalue weighted by Gasteiger charge is -2.10. The molecule has 0 heterocycles. The van der Waals surface area contributed by atoms with Gasteiger partial charge >= 0.3 is 0 Å². The van der Waals surface area contributed by atoms with Crippen LogP contribution in [-0.4, -0.2) is 0 Å². The molecule has 76 valence electrons. The molecule has 3 aliphatic carbocycles. The van der Waals surface area contributed by atoms with E-state index in [-0.39, 0.29) is 0 Å². The summed E-state index contributed by atoms with van der Waals surface area (Å²) in [5.41, 5.74) is 6.50. The minimum absolute atomic E-state index is 0.724. The molecule has 0 aliphatic heterocycles. The highest BCUT2D eigenvalue weighted by molar-refractivity contribution is 5.63. The maximum absolute atomic E-state index is 2.35. The lowest BCUT2D eigenvalue weighted by Crippen LogP contribution is -1.96. The molecule has 0 bridgehead atoms. The van der Waals surface area contributed by atoms with E-state index in [1.165, 1.54) is 0 Å². The van der Waals surface area contributed by atoms with Crippen molar-refractivity contribution in [3.8, 4) is 0 Å². The Morgan fingerprint density at radius 2 is 1.00 bits per heavy atom. The minimum atomic E-state index is 0.724. The first-order valence-electron chi connectivity index (χ1n) is 6.14. The van der Waals surface area contributed by atoms with E-state index in [4.69, 9.17) is 0 Å². The second kappa shape index (κ2) is 2.24. The predicted octanol–water partition coefficient (Wildman–Crippen LogP) is 3.64. The monoisotopic (exact) mass is 204 g/mol. The smallest absolute Gasteiger partial charge is 0.0135 e. The maximum Gasteiger partial charge on any atom is 0.0135 e. The van der Waals surface area contributed by atoms with E-state index in [0.717, 1.165) is 23.7 Å². The van der Waals surface area contributed by atoms with Crippen molar-refractivity contribution in [2.45, 2.75) is 17.8 Å². The summed E-state index contributed by atoms with van der Waals surface area (Å²) < 4.78 is 0. The lowest BCUT2D eigenvalue weighted by molar-refractivity contribution is 0.750. The molecule has 0 saturated heterocycles. The molecule has 1 fully saturated rings. The molecule has 16 heavy (non-hydrogen) atoms. The molecule has 0 amide bonds. The fourth-order valence-electron chi connectivity index (χ4n) is 4.33. The van der Waals surface area contributed by atoms with Gasteiger partial charge in [0, 0.05) is 5.92 Å². The van der Waals surface area contributed by atoms with Gasteiger partial charge in [0.1, 0.15) is 0 Å². The Kier molecular flexibility index (Phi) is 1.08. The van der Waals surface area contributed by atoms with E-state index >= 15 is 0 Å². The number of rotatable bonds is 0. The zero-order valence-corrected chi connectivity index (χ0v) is 8.93. The zero-order valence-electron chi connectivity index (χ0n) is 8.93. The van der Waals surface area contributed by atoms with Crippen molar-refractivity contribution >= 4 is 0 Å².